The average Bonchev–Trinajstić information content (AvgIpc) is 2.53. The first-order valence-corrected chi connectivity index (χ1v) is 7.29. The molecule has 0 fully saturated rings. The minimum absolute atomic E-state index is 0.104. The number of alkyl halides is 3. The highest BCUT2D eigenvalue weighted by atomic mass is 35.5. The van der Waals surface area contributed by atoms with Gasteiger partial charge in [0.2, 0.25) is 6.41 Å². The van der Waals surface area contributed by atoms with Gasteiger partial charge in [0.25, 0.3) is 0 Å². The molecule has 0 unspecified atom stereocenters. The van der Waals surface area contributed by atoms with E-state index < -0.39 is 11.7 Å². The van der Waals surface area contributed by atoms with Crippen molar-refractivity contribution in [3.05, 3.63) is 47.1 Å². The highest BCUT2D eigenvalue weighted by Gasteiger charge is 2.31. The molecule has 1 amide bonds. The summed E-state index contributed by atoms with van der Waals surface area (Å²) in [4.78, 5) is 14.2. The number of hydrogen-bond acceptors (Lipinski definition) is 4. The molecule has 128 valence electrons. The first-order chi connectivity index (χ1) is 11.4. The Morgan fingerprint density at radius 2 is 1.79 bits per heavy atom. The standard InChI is InChI=1S/C15H14ClF3N4O/c16-11-7-10(15(17,18)19)8-22-14(11)21-6-5-20-12-3-1-2-4-13(12)23-9-24/h1-4,7-9,20H,5-6H2,(H,21,22)(H,23,24). The number of amides is 1. The van der Waals surface area contributed by atoms with Crippen LogP contribution in [0, 0.1) is 0 Å². The number of nitrogens with zero attached hydrogens (tertiary/aromatic N) is 1. The smallest absolute Gasteiger partial charge is 0.382 e. The zero-order chi connectivity index (χ0) is 17.6. The number of rotatable bonds is 7. The Hall–Kier alpha value is -2.48. The Morgan fingerprint density at radius 1 is 1.12 bits per heavy atom. The molecule has 9 heteroatoms. The SMILES string of the molecule is O=CNc1ccccc1NCCNc1ncc(C(F)(F)F)cc1Cl. The van der Waals surface area contributed by atoms with Crippen LogP contribution in [0.5, 0.6) is 0 Å². The summed E-state index contributed by atoms with van der Waals surface area (Å²) in [6.07, 6.45) is -3.18. The third kappa shape index (κ3) is 4.76. The fourth-order valence-electron chi connectivity index (χ4n) is 1.93. The van der Waals surface area contributed by atoms with Crippen LogP contribution >= 0.6 is 11.6 Å². The second-order valence-corrected chi connectivity index (χ2v) is 5.12. The van der Waals surface area contributed by atoms with Gasteiger partial charge >= 0.3 is 6.18 Å². The number of aromatic nitrogens is 1. The van der Waals surface area contributed by atoms with E-state index in [9.17, 15) is 18.0 Å². The highest BCUT2D eigenvalue weighted by Crippen LogP contribution is 2.32. The van der Waals surface area contributed by atoms with Crippen LogP contribution in [0.2, 0.25) is 5.02 Å². The Balaban J connectivity index is 1.90. The van der Waals surface area contributed by atoms with Crippen LogP contribution in [0.1, 0.15) is 5.56 Å². The van der Waals surface area contributed by atoms with Crippen molar-refractivity contribution in [2.75, 3.05) is 29.0 Å². The van der Waals surface area contributed by atoms with Gasteiger partial charge in [-0.25, -0.2) is 4.98 Å². The van der Waals surface area contributed by atoms with Gasteiger partial charge in [-0.1, -0.05) is 23.7 Å². The van der Waals surface area contributed by atoms with E-state index >= 15 is 0 Å². The van der Waals surface area contributed by atoms with Gasteiger partial charge in [0, 0.05) is 19.3 Å². The summed E-state index contributed by atoms with van der Waals surface area (Å²) in [5.41, 5.74) is 0.445. The summed E-state index contributed by atoms with van der Waals surface area (Å²) in [5.74, 6) is 0.172. The number of benzene rings is 1. The van der Waals surface area contributed by atoms with Crippen molar-refractivity contribution in [2.45, 2.75) is 6.18 Å². The number of pyridine rings is 1. The van der Waals surface area contributed by atoms with Crippen LogP contribution in [-0.4, -0.2) is 24.5 Å². The number of para-hydroxylation sites is 2. The lowest BCUT2D eigenvalue weighted by molar-refractivity contribution is -0.137. The maximum atomic E-state index is 12.5. The maximum absolute atomic E-state index is 12.5. The van der Waals surface area contributed by atoms with Crippen molar-refractivity contribution in [2.24, 2.45) is 0 Å². The predicted octanol–water partition coefficient (Wildman–Crippen LogP) is 3.85. The molecule has 0 radical (unpaired) electrons. The highest BCUT2D eigenvalue weighted by molar-refractivity contribution is 6.32. The van der Waals surface area contributed by atoms with E-state index in [0.29, 0.717) is 25.2 Å². The molecule has 1 aromatic carbocycles. The molecule has 0 aliphatic heterocycles. The van der Waals surface area contributed by atoms with Crippen molar-refractivity contribution in [3.8, 4) is 0 Å². The Bertz CT molecular complexity index is 709. The van der Waals surface area contributed by atoms with E-state index in [4.69, 9.17) is 11.6 Å². The summed E-state index contributed by atoms with van der Waals surface area (Å²) in [6, 6.07) is 7.93. The number of nitrogens with one attached hydrogen (secondary N) is 3. The monoisotopic (exact) mass is 358 g/mol. The van der Waals surface area contributed by atoms with Gasteiger partial charge in [0.15, 0.2) is 0 Å². The number of hydrogen-bond donors (Lipinski definition) is 3. The van der Waals surface area contributed by atoms with Gasteiger partial charge in [0.1, 0.15) is 5.82 Å². The van der Waals surface area contributed by atoms with Crippen LogP contribution in [-0.2, 0) is 11.0 Å². The van der Waals surface area contributed by atoms with Crippen LogP contribution in [0.15, 0.2) is 36.5 Å². The number of halogens is 4. The largest absolute Gasteiger partial charge is 0.417 e. The second kappa shape index (κ2) is 7.87. The fraction of sp³-hybridized carbons (Fsp3) is 0.200. The molecule has 0 spiro atoms. The molecule has 5 nitrogen and oxygen atoms in total. The number of carbonyl (C=O) groups excluding carboxylic acids is 1. The maximum Gasteiger partial charge on any atom is 0.417 e. The first kappa shape index (κ1) is 17.9. The predicted molar refractivity (Wildman–Crippen MR) is 87.4 cm³/mol. The zero-order valence-electron chi connectivity index (χ0n) is 12.3. The summed E-state index contributed by atoms with van der Waals surface area (Å²) in [6.45, 7) is 0.810. The van der Waals surface area contributed by atoms with E-state index in [1.165, 1.54) is 0 Å². The third-order valence-electron chi connectivity index (χ3n) is 3.04. The van der Waals surface area contributed by atoms with Crippen molar-refractivity contribution < 1.29 is 18.0 Å². The van der Waals surface area contributed by atoms with E-state index in [0.717, 1.165) is 18.0 Å². The molecule has 3 N–H and O–H groups in total. The fourth-order valence-corrected chi connectivity index (χ4v) is 2.16. The lowest BCUT2D eigenvalue weighted by Gasteiger charge is -2.13. The van der Waals surface area contributed by atoms with Gasteiger partial charge in [0.05, 0.1) is 22.0 Å². The first-order valence-electron chi connectivity index (χ1n) is 6.91. The molecule has 24 heavy (non-hydrogen) atoms. The van der Waals surface area contributed by atoms with Gasteiger partial charge in [-0.05, 0) is 18.2 Å². The molecular weight excluding hydrogens is 345 g/mol. The molecule has 0 saturated heterocycles. The average molecular weight is 359 g/mol. The van der Waals surface area contributed by atoms with Crippen LogP contribution in [0.3, 0.4) is 0 Å². The Morgan fingerprint density at radius 3 is 2.42 bits per heavy atom. The van der Waals surface area contributed by atoms with Crippen LogP contribution in [0.4, 0.5) is 30.4 Å². The quantitative estimate of drug-likeness (QED) is 0.519. The molecular formula is C15H14ClF3N4O. The van der Waals surface area contributed by atoms with Crippen molar-refractivity contribution in [3.63, 3.8) is 0 Å². The van der Waals surface area contributed by atoms with Gasteiger partial charge in [-0.2, -0.15) is 13.2 Å². The Labute approximate surface area is 141 Å². The van der Waals surface area contributed by atoms with E-state index in [1.807, 2.05) is 0 Å². The summed E-state index contributed by atoms with van der Waals surface area (Å²) < 4.78 is 37.6. The van der Waals surface area contributed by atoms with Crippen molar-refractivity contribution in [1.82, 2.24) is 4.98 Å². The van der Waals surface area contributed by atoms with Gasteiger partial charge < -0.3 is 16.0 Å². The molecule has 2 rings (SSSR count). The molecule has 1 heterocycles. The molecule has 0 aliphatic carbocycles. The number of carbonyl (C=O) groups is 1. The van der Waals surface area contributed by atoms with Crippen molar-refractivity contribution in [1.29, 1.82) is 0 Å². The van der Waals surface area contributed by atoms with E-state index in [-0.39, 0.29) is 10.8 Å². The zero-order valence-corrected chi connectivity index (χ0v) is 13.1. The Kier molecular flexibility index (Phi) is 5.86. The second-order valence-electron chi connectivity index (χ2n) is 4.71. The molecule has 2 aromatic rings. The molecule has 0 atom stereocenters. The van der Waals surface area contributed by atoms with Gasteiger partial charge in [-0.15, -0.1) is 0 Å². The van der Waals surface area contributed by atoms with Crippen LogP contribution < -0.4 is 16.0 Å². The normalized spacial score (nSPS) is 11.0. The van der Waals surface area contributed by atoms with E-state index in [1.54, 1.807) is 24.3 Å². The molecule has 0 saturated carbocycles. The lowest BCUT2D eigenvalue weighted by atomic mass is 10.2. The van der Waals surface area contributed by atoms with E-state index in [2.05, 4.69) is 20.9 Å². The summed E-state index contributed by atoms with van der Waals surface area (Å²) >= 11 is 5.80. The number of anilines is 3. The topological polar surface area (TPSA) is 66.1 Å². The summed E-state index contributed by atoms with van der Waals surface area (Å²) in [7, 11) is 0. The molecule has 0 bridgehead atoms. The lowest BCUT2D eigenvalue weighted by Crippen LogP contribution is -2.16. The minimum atomic E-state index is -4.48. The molecule has 1 aromatic heterocycles. The summed E-state index contributed by atoms with van der Waals surface area (Å²) in [5, 5.41) is 8.40. The minimum Gasteiger partial charge on any atom is -0.382 e. The van der Waals surface area contributed by atoms with Gasteiger partial charge in [-0.3, -0.25) is 4.79 Å². The molecule has 0 aliphatic rings. The van der Waals surface area contributed by atoms with Crippen molar-refractivity contribution >= 4 is 35.2 Å². The van der Waals surface area contributed by atoms with Crippen LogP contribution in [0.25, 0.3) is 0 Å². The third-order valence-corrected chi connectivity index (χ3v) is 3.33.